The average molecular weight is 487 g/mol. The van der Waals surface area contributed by atoms with E-state index in [9.17, 15) is 21.6 Å². The molecule has 0 saturated carbocycles. The van der Waals surface area contributed by atoms with Gasteiger partial charge in [-0.25, -0.2) is 32.7 Å². The van der Waals surface area contributed by atoms with Crippen molar-refractivity contribution in [1.82, 2.24) is 19.9 Å². The second-order valence-corrected chi connectivity index (χ2v) is 9.20. The van der Waals surface area contributed by atoms with Crippen molar-refractivity contribution < 1.29 is 21.6 Å². The molecule has 4 aromatic rings. The van der Waals surface area contributed by atoms with Crippen molar-refractivity contribution in [3.63, 3.8) is 0 Å². The lowest BCUT2D eigenvalue weighted by atomic mass is 10.2. The number of amidine groups is 1. The van der Waals surface area contributed by atoms with Crippen molar-refractivity contribution in [1.29, 1.82) is 0 Å². The zero-order valence-corrected chi connectivity index (χ0v) is 18.3. The van der Waals surface area contributed by atoms with E-state index in [4.69, 9.17) is 0 Å². The molecule has 1 atom stereocenters. The van der Waals surface area contributed by atoms with Gasteiger partial charge in [-0.2, -0.15) is 13.2 Å². The number of para-hydroxylation sites is 1. The number of rotatable bonds is 4. The number of hydrogen-bond donors (Lipinski definition) is 2. The minimum absolute atomic E-state index is 0.0238. The van der Waals surface area contributed by atoms with Crippen LogP contribution in [0.4, 0.5) is 30.4 Å². The number of H-pyrrole nitrogens is 1. The average Bonchev–Trinajstić information content (AvgIpc) is 3.28. The molecule has 0 bridgehead atoms. The number of halogens is 3. The highest BCUT2D eigenvalue weighted by Gasteiger charge is 2.39. The molecule has 3 heterocycles. The topological polar surface area (TPSA) is 116 Å². The summed E-state index contributed by atoms with van der Waals surface area (Å²) in [5.41, 5.74) is -0.105. The molecule has 2 N–H and O–H groups in total. The number of alkyl halides is 3. The number of benzene rings is 2. The van der Waals surface area contributed by atoms with Crippen molar-refractivity contribution in [2.45, 2.75) is 24.0 Å². The van der Waals surface area contributed by atoms with E-state index < -0.39 is 27.8 Å². The summed E-state index contributed by atoms with van der Waals surface area (Å²) in [6.45, 7) is 1.63. The number of fused-ring (bicyclic) bond motifs is 2. The molecule has 13 heteroatoms. The maximum absolute atomic E-state index is 13.6. The van der Waals surface area contributed by atoms with Gasteiger partial charge in [0.15, 0.2) is 11.5 Å². The second-order valence-electron chi connectivity index (χ2n) is 7.44. The van der Waals surface area contributed by atoms with Crippen LogP contribution in [0.25, 0.3) is 11.2 Å². The lowest BCUT2D eigenvalue weighted by molar-refractivity contribution is -0.137. The molecular weight excluding hydrogens is 471 g/mol. The van der Waals surface area contributed by atoms with Crippen LogP contribution in [0.5, 0.6) is 0 Å². The van der Waals surface area contributed by atoms with Gasteiger partial charge in [-0.15, -0.1) is 0 Å². The predicted molar refractivity (Wildman–Crippen MR) is 119 cm³/mol. The molecule has 1 aliphatic heterocycles. The van der Waals surface area contributed by atoms with Crippen LogP contribution in [0, 0.1) is 0 Å². The number of sulfonamides is 1. The monoisotopic (exact) mass is 487 g/mol. The molecule has 9 nitrogen and oxygen atoms in total. The third kappa shape index (κ3) is 3.63. The molecule has 0 saturated heterocycles. The van der Waals surface area contributed by atoms with Gasteiger partial charge in [0.2, 0.25) is 0 Å². The summed E-state index contributed by atoms with van der Waals surface area (Å²) in [5, 5.41) is 3.07. The highest BCUT2D eigenvalue weighted by Crippen LogP contribution is 2.38. The molecule has 1 aliphatic rings. The Morgan fingerprint density at radius 3 is 2.65 bits per heavy atom. The summed E-state index contributed by atoms with van der Waals surface area (Å²) >= 11 is 0. The maximum Gasteiger partial charge on any atom is 0.416 e. The molecule has 0 spiro atoms. The maximum atomic E-state index is 13.6. The Hall–Kier alpha value is -4.00. The summed E-state index contributed by atoms with van der Waals surface area (Å²) in [5.74, 6) is 0.308. The molecule has 5 rings (SSSR count). The number of aromatic amines is 1. The van der Waals surface area contributed by atoms with Crippen LogP contribution in [-0.2, 0) is 16.2 Å². The molecule has 1 unspecified atom stereocenters. The van der Waals surface area contributed by atoms with Crippen LogP contribution in [0.15, 0.2) is 71.1 Å². The summed E-state index contributed by atoms with van der Waals surface area (Å²) in [4.78, 5) is 19.6. The fourth-order valence-corrected chi connectivity index (χ4v) is 5.32. The third-order valence-corrected chi connectivity index (χ3v) is 6.98. The highest BCUT2D eigenvalue weighted by molar-refractivity contribution is 7.93. The molecular formula is C21H16F3N7O2S. The number of nitrogens with zero attached hydrogens (tertiary/aromatic N) is 5. The molecule has 0 radical (unpaired) electrons. The van der Waals surface area contributed by atoms with E-state index in [1.165, 1.54) is 36.9 Å². The van der Waals surface area contributed by atoms with Gasteiger partial charge < -0.3 is 10.3 Å². The van der Waals surface area contributed by atoms with Crippen LogP contribution in [-0.4, -0.2) is 40.2 Å². The van der Waals surface area contributed by atoms with E-state index in [-0.39, 0.29) is 22.1 Å². The molecule has 2 aromatic carbocycles. The van der Waals surface area contributed by atoms with Crippen LogP contribution in [0.3, 0.4) is 0 Å². The fourth-order valence-electron chi connectivity index (χ4n) is 3.65. The van der Waals surface area contributed by atoms with Crippen molar-refractivity contribution in [2.24, 2.45) is 4.99 Å². The highest BCUT2D eigenvalue weighted by atomic mass is 32.2. The van der Waals surface area contributed by atoms with Crippen molar-refractivity contribution >= 4 is 44.2 Å². The van der Waals surface area contributed by atoms with Crippen LogP contribution < -0.4 is 9.62 Å². The predicted octanol–water partition coefficient (Wildman–Crippen LogP) is 4.11. The first-order valence-corrected chi connectivity index (χ1v) is 11.4. The van der Waals surface area contributed by atoms with Gasteiger partial charge in [-0.05, 0) is 37.3 Å². The fraction of sp³-hybridized carbons (Fsp3) is 0.143. The van der Waals surface area contributed by atoms with Crippen LogP contribution >= 0.6 is 0 Å². The normalized spacial score (nSPS) is 16.1. The van der Waals surface area contributed by atoms with Crippen LogP contribution in [0.1, 0.15) is 12.5 Å². The van der Waals surface area contributed by atoms with Gasteiger partial charge in [-0.3, -0.25) is 0 Å². The zero-order valence-electron chi connectivity index (χ0n) is 17.4. The largest absolute Gasteiger partial charge is 0.416 e. The number of aromatic nitrogens is 4. The van der Waals surface area contributed by atoms with Gasteiger partial charge >= 0.3 is 6.18 Å². The van der Waals surface area contributed by atoms with E-state index in [0.717, 1.165) is 22.5 Å². The summed E-state index contributed by atoms with van der Waals surface area (Å²) < 4.78 is 68.2. The van der Waals surface area contributed by atoms with E-state index in [2.05, 4.69) is 30.2 Å². The second kappa shape index (κ2) is 7.80. The van der Waals surface area contributed by atoms with E-state index in [1.807, 2.05) is 0 Å². The molecule has 0 fully saturated rings. The van der Waals surface area contributed by atoms with Gasteiger partial charge in [0.25, 0.3) is 10.0 Å². The van der Waals surface area contributed by atoms with E-state index >= 15 is 0 Å². The molecule has 0 aliphatic carbocycles. The number of aliphatic imine (C=N–C) groups is 1. The lowest BCUT2D eigenvalue weighted by Crippen LogP contribution is -2.47. The zero-order chi connectivity index (χ0) is 24.1. The number of anilines is 2. The SMILES string of the molecule is CC(Nc1ncnc2nc[nH]c12)C1=Nc2ccccc2S(=O)(=O)N1c1cccc(C(F)(F)F)c1. The molecule has 174 valence electrons. The van der Waals surface area contributed by atoms with Gasteiger partial charge in [0.05, 0.1) is 29.3 Å². The van der Waals surface area contributed by atoms with Crippen LogP contribution in [0.2, 0.25) is 0 Å². The standard InChI is InChI=1S/C21H16F3N7O2S/c1-12(29-19-17-18(26-10-25-17)27-11-28-19)20-30-15-7-2-3-8-16(15)34(32,33)31(20)14-6-4-5-13(9-14)21(22,23)24/h2-12H,1H3,(H2,25,26,27,28,29). The molecule has 0 amide bonds. The van der Waals surface area contributed by atoms with Gasteiger partial charge in [0.1, 0.15) is 22.6 Å². The summed E-state index contributed by atoms with van der Waals surface area (Å²) in [6, 6.07) is 9.37. The first kappa shape index (κ1) is 21.8. The first-order chi connectivity index (χ1) is 16.2. The summed E-state index contributed by atoms with van der Waals surface area (Å²) in [7, 11) is -4.27. The first-order valence-electron chi connectivity index (χ1n) is 9.97. The Labute approximate surface area is 191 Å². The third-order valence-electron chi connectivity index (χ3n) is 5.20. The lowest BCUT2D eigenvalue weighted by Gasteiger charge is -2.33. The number of nitrogens with one attached hydrogen (secondary N) is 2. The Bertz CT molecular complexity index is 1530. The Balaban J connectivity index is 1.65. The minimum Gasteiger partial charge on any atom is -0.358 e. The van der Waals surface area contributed by atoms with Gasteiger partial charge in [0, 0.05) is 0 Å². The Morgan fingerprint density at radius 1 is 1.06 bits per heavy atom. The Morgan fingerprint density at radius 2 is 1.85 bits per heavy atom. The van der Waals surface area contributed by atoms with Crippen molar-refractivity contribution in [3.05, 3.63) is 66.7 Å². The van der Waals surface area contributed by atoms with E-state index in [1.54, 1.807) is 13.0 Å². The molecule has 2 aromatic heterocycles. The van der Waals surface area contributed by atoms with Gasteiger partial charge in [-0.1, -0.05) is 18.2 Å². The number of hydrogen-bond acceptors (Lipinski definition) is 7. The summed E-state index contributed by atoms with van der Waals surface area (Å²) in [6.07, 6.45) is -1.93. The molecule has 34 heavy (non-hydrogen) atoms. The smallest absolute Gasteiger partial charge is 0.358 e. The van der Waals surface area contributed by atoms with E-state index in [0.29, 0.717) is 17.0 Å². The van der Waals surface area contributed by atoms with Crippen molar-refractivity contribution in [2.75, 3.05) is 9.62 Å². The quantitative estimate of drug-likeness (QED) is 0.448. The minimum atomic E-state index is -4.65. The number of imidazole rings is 1. The van der Waals surface area contributed by atoms with Crippen molar-refractivity contribution in [3.8, 4) is 0 Å². The Kier molecular flexibility index (Phi) is 5.01.